The number of nitrogens with one attached hydrogen (secondary N) is 1. The maximum absolute atomic E-state index is 14.2. The maximum atomic E-state index is 14.2. The summed E-state index contributed by atoms with van der Waals surface area (Å²) in [5, 5.41) is 21.1. The predicted molar refractivity (Wildman–Crippen MR) is 141 cm³/mol. The number of nitrogens with zero attached hydrogens (tertiary/aromatic N) is 5. The molecular formula is C24H23BrClFN6O5. The molecule has 0 radical (unpaired) electrons. The lowest BCUT2D eigenvalue weighted by Gasteiger charge is -2.27. The van der Waals surface area contributed by atoms with Gasteiger partial charge in [0.05, 0.1) is 43.2 Å². The molecule has 0 aliphatic carbocycles. The summed E-state index contributed by atoms with van der Waals surface area (Å²) in [6.45, 7) is 1.50. The van der Waals surface area contributed by atoms with Crippen molar-refractivity contribution in [1.82, 2.24) is 9.97 Å². The van der Waals surface area contributed by atoms with Crippen molar-refractivity contribution in [1.29, 1.82) is 0 Å². The minimum absolute atomic E-state index is 0.0291. The van der Waals surface area contributed by atoms with Crippen LogP contribution >= 0.6 is 27.5 Å². The lowest BCUT2D eigenvalue weighted by molar-refractivity contribution is -0.118. The van der Waals surface area contributed by atoms with Crippen LogP contribution in [0.25, 0.3) is 0 Å². The Morgan fingerprint density at radius 2 is 2.11 bits per heavy atom. The molecule has 4 rings (SSSR count). The molecule has 0 bridgehead atoms. The summed E-state index contributed by atoms with van der Waals surface area (Å²) in [4.78, 5) is 22.1. The number of benzene rings is 2. The van der Waals surface area contributed by atoms with E-state index in [9.17, 15) is 14.3 Å². The third-order valence-electron chi connectivity index (χ3n) is 5.38. The summed E-state index contributed by atoms with van der Waals surface area (Å²) in [6, 6.07) is 8.48. The highest BCUT2D eigenvalue weighted by atomic mass is 79.9. The van der Waals surface area contributed by atoms with Gasteiger partial charge < -0.3 is 29.5 Å². The molecule has 2 N–H and O–H groups in total. The highest BCUT2D eigenvalue weighted by molar-refractivity contribution is 9.10. The fourth-order valence-electron chi connectivity index (χ4n) is 3.53. The SMILES string of the molecule is COc1ccccc1NC(=O)COc1c(Br)cc(CN=Nc2ncc(F)c(N3CCOCC3)n2)c(O)c1Cl. The molecule has 1 aliphatic heterocycles. The summed E-state index contributed by atoms with van der Waals surface area (Å²) >= 11 is 9.65. The molecule has 1 aromatic heterocycles. The van der Waals surface area contributed by atoms with Crippen LogP contribution in [0.4, 0.5) is 21.8 Å². The number of halogens is 3. The Kier molecular flexibility index (Phi) is 9.26. The Bertz CT molecular complexity index is 1340. The van der Waals surface area contributed by atoms with Crippen LogP contribution in [0.2, 0.25) is 5.02 Å². The second kappa shape index (κ2) is 12.8. The second-order valence-corrected chi connectivity index (χ2v) is 9.12. The number of methoxy groups -OCH3 is 1. The van der Waals surface area contributed by atoms with Gasteiger partial charge in [0.25, 0.3) is 11.9 Å². The number of ether oxygens (including phenoxy) is 3. The number of aromatic hydroxyl groups is 1. The van der Waals surface area contributed by atoms with Crippen molar-refractivity contribution in [3.63, 3.8) is 0 Å². The molecule has 3 aromatic rings. The molecular weight excluding hydrogens is 587 g/mol. The number of azo groups is 1. The number of para-hydroxylation sites is 2. The van der Waals surface area contributed by atoms with Crippen LogP contribution < -0.4 is 19.7 Å². The fraction of sp³-hybridized carbons (Fsp3) is 0.292. The number of morpholine rings is 1. The van der Waals surface area contributed by atoms with Gasteiger partial charge in [0.2, 0.25) is 0 Å². The van der Waals surface area contributed by atoms with Crippen molar-refractivity contribution < 1.29 is 28.5 Å². The Hall–Kier alpha value is -3.55. The Labute approximate surface area is 230 Å². The number of aromatic nitrogens is 2. The first-order valence-electron chi connectivity index (χ1n) is 11.4. The van der Waals surface area contributed by atoms with E-state index in [0.717, 1.165) is 6.20 Å². The largest absolute Gasteiger partial charge is 0.506 e. The summed E-state index contributed by atoms with van der Waals surface area (Å²) in [6.07, 6.45) is 1.03. The number of carbonyl (C=O) groups excluding carboxylic acids is 1. The molecule has 1 aliphatic rings. The van der Waals surface area contributed by atoms with Gasteiger partial charge in [-0.25, -0.2) is 9.37 Å². The molecule has 0 spiro atoms. The number of rotatable bonds is 9. The van der Waals surface area contributed by atoms with Crippen LogP contribution in [-0.4, -0.2) is 61.0 Å². The van der Waals surface area contributed by atoms with Gasteiger partial charge in [-0.2, -0.15) is 10.1 Å². The van der Waals surface area contributed by atoms with E-state index < -0.39 is 11.7 Å². The molecule has 2 aromatic carbocycles. The molecule has 38 heavy (non-hydrogen) atoms. The van der Waals surface area contributed by atoms with Crippen LogP contribution in [0, 0.1) is 5.82 Å². The summed E-state index contributed by atoms with van der Waals surface area (Å²) in [7, 11) is 1.50. The summed E-state index contributed by atoms with van der Waals surface area (Å²) in [5.41, 5.74) is 0.812. The molecule has 11 nitrogen and oxygen atoms in total. The Morgan fingerprint density at radius 1 is 1.34 bits per heavy atom. The average molecular weight is 610 g/mol. The Balaban J connectivity index is 1.40. The van der Waals surface area contributed by atoms with Gasteiger partial charge in [-0.15, -0.1) is 5.11 Å². The van der Waals surface area contributed by atoms with E-state index >= 15 is 0 Å². The van der Waals surface area contributed by atoms with Gasteiger partial charge >= 0.3 is 0 Å². The van der Waals surface area contributed by atoms with Crippen LogP contribution in [0.5, 0.6) is 17.2 Å². The lowest BCUT2D eigenvalue weighted by atomic mass is 10.2. The number of carbonyl (C=O) groups is 1. The van der Waals surface area contributed by atoms with Gasteiger partial charge in [-0.1, -0.05) is 23.7 Å². The lowest BCUT2D eigenvalue weighted by Crippen LogP contribution is -2.37. The third-order valence-corrected chi connectivity index (χ3v) is 6.32. The highest BCUT2D eigenvalue weighted by Crippen LogP contribution is 2.42. The van der Waals surface area contributed by atoms with E-state index in [4.69, 9.17) is 25.8 Å². The first-order valence-corrected chi connectivity index (χ1v) is 12.5. The molecule has 200 valence electrons. The monoisotopic (exact) mass is 608 g/mol. The van der Waals surface area contributed by atoms with E-state index in [2.05, 4.69) is 41.4 Å². The topological polar surface area (TPSA) is 131 Å². The van der Waals surface area contributed by atoms with E-state index in [1.807, 2.05) is 0 Å². The van der Waals surface area contributed by atoms with Crippen molar-refractivity contribution in [2.24, 2.45) is 10.2 Å². The third kappa shape index (κ3) is 6.65. The van der Waals surface area contributed by atoms with E-state index in [1.165, 1.54) is 7.11 Å². The van der Waals surface area contributed by atoms with Gasteiger partial charge in [0.1, 0.15) is 16.5 Å². The van der Waals surface area contributed by atoms with Crippen molar-refractivity contribution in [2.75, 3.05) is 50.2 Å². The van der Waals surface area contributed by atoms with Gasteiger partial charge in [0, 0.05) is 18.7 Å². The molecule has 0 saturated carbocycles. The van der Waals surface area contributed by atoms with Gasteiger partial charge in [0.15, 0.2) is 24.0 Å². The highest BCUT2D eigenvalue weighted by Gasteiger charge is 2.19. The molecule has 2 heterocycles. The summed E-state index contributed by atoms with van der Waals surface area (Å²) < 4.78 is 30.6. The summed E-state index contributed by atoms with van der Waals surface area (Å²) in [5.74, 6) is -0.628. The molecule has 1 fully saturated rings. The minimum atomic E-state index is -0.564. The van der Waals surface area contributed by atoms with E-state index in [-0.39, 0.29) is 41.4 Å². The molecule has 0 unspecified atom stereocenters. The number of amides is 1. The average Bonchev–Trinajstić information content (AvgIpc) is 2.93. The smallest absolute Gasteiger partial charge is 0.270 e. The first kappa shape index (κ1) is 27.5. The molecule has 1 amide bonds. The maximum Gasteiger partial charge on any atom is 0.270 e. The van der Waals surface area contributed by atoms with Crippen LogP contribution in [0.1, 0.15) is 5.56 Å². The van der Waals surface area contributed by atoms with Crippen molar-refractivity contribution >= 4 is 50.9 Å². The van der Waals surface area contributed by atoms with Crippen LogP contribution in [0.15, 0.2) is 51.2 Å². The predicted octanol–water partition coefficient (Wildman–Crippen LogP) is 4.88. The Morgan fingerprint density at radius 3 is 2.87 bits per heavy atom. The van der Waals surface area contributed by atoms with Crippen molar-refractivity contribution in [3.8, 4) is 17.2 Å². The van der Waals surface area contributed by atoms with Crippen LogP contribution in [-0.2, 0) is 16.1 Å². The molecule has 0 atom stereocenters. The number of hydrogen-bond donors (Lipinski definition) is 2. The normalized spacial score (nSPS) is 13.5. The first-order chi connectivity index (χ1) is 18.4. The zero-order chi connectivity index (χ0) is 27.1. The standard InChI is InChI=1S/C24H23BrClFN6O5/c1-36-18-5-3-2-4-17(18)30-19(34)13-38-22-15(25)10-14(21(35)20(22)26)11-29-32-24-28-12-16(27)23(31-24)33-6-8-37-9-7-33/h2-5,10,12,35H,6-9,11,13H2,1H3,(H,30,34). The number of anilines is 2. The van der Waals surface area contributed by atoms with Crippen molar-refractivity contribution in [2.45, 2.75) is 6.54 Å². The van der Waals surface area contributed by atoms with Gasteiger partial charge in [-0.3, -0.25) is 4.79 Å². The van der Waals surface area contributed by atoms with Crippen LogP contribution in [0.3, 0.4) is 0 Å². The fourth-order valence-corrected chi connectivity index (χ4v) is 4.51. The molecule has 14 heteroatoms. The second-order valence-electron chi connectivity index (χ2n) is 7.89. The zero-order valence-electron chi connectivity index (χ0n) is 20.2. The quantitative estimate of drug-likeness (QED) is 0.328. The number of phenols is 1. The minimum Gasteiger partial charge on any atom is -0.506 e. The number of phenolic OH excluding ortho intramolecular Hbond substituents is 1. The zero-order valence-corrected chi connectivity index (χ0v) is 22.5. The van der Waals surface area contributed by atoms with E-state index in [1.54, 1.807) is 35.2 Å². The molecule has 1 saturated heterocycles. The van der Waals surface area contributed by atoms with Crippen molar-refractivity contribution in [3.05, 3.63) is 57.4 Å². The van der Waals surface area contributed by atoms with E-state index in [0.29, 0.717) is 47.8 Å². The van der Waals surface area contributed by atoms with Gasteiger partial charge in [-0.05, 0) is 34.1 Å². The number of hydrogen-bond acceptors (Lipinski definition) is 10.